The van der Waals surface area contributed by atoms with E-state index < -0.39 is 6.10 Å². The monoisotopic (exact) mass is 268 g/mol. The van der Waals surface area contributed by atoms with E-state index in [1.54, 1.807) is 13.2 Å². The standard InChI is InChI=1S/C17H16O3/c1-10-4-6-12(7-5-10)17-16(18)15-11(2)8-13(19-3)9-14(15)20-17/h4-9,17H,1-3H3. The summed E-state index contributed by atoms with van der Waals surface area (Å²) in [6.45, 7) is 3.92. The lowest BCUT2D eigenvalue weighted by atomic mass is 9.98. The third-order valence-electron chi connectivity index (χ3n) is 3.62. The van der Waals surface area contributed by atoms with E-state index in [1.165, 1.54) is 0 Å². The number of hydrogen-bond donors (Lipinski definition) is 0. The summed E-state index contributed by atoms with van der Waals surface area (Å²) >= 11 is 0. The number of Topliss-reactive ketones (excluding diaryl/α,β-unsaturated/α-hetero) is 1. The van der Waals surface area contributed by atoms with Crippen LogP contribution in [0.1, 0.15) is 33.2 Å². The number of ketones is 1. The highest BCUT2D eigenvalue weighted by Crippen LogP contribution is 2.40. The third-order valence-corrected chi connectivity index (χ3v) is 3.62. The Hall–Kier alpha value is -2.29. The van der Waals surface area contributed by atoms with E-state index in [0.717, 1.165) is 16.7 Å². The van der Waals surface area contributed by atoms with Gasteiger partial charge in [-0.2, -0.15) is 0 Å². The van der Waals surface area contributed by atoms with Gasteiger partial charge in [-0.1, -0.05) is 29.8 Å². The molecule has 0 aliphatic carbocycles. The molecule has 0 fully saturated rings. The van der Waals surface area contributed by atoms with Gasteiger partial charge < -0.3 is 9.47 Å². The van der Waals surface area contributed by atoms with Gasteiger partial charge in [0.1, 0.15) is 11.5 Å². The van der Waals surface area contributed by atoms with Crippen LogP contribution in [0.2, 0.25) is 0 Å². The Morgan fingerprint density at radius 1 is 1.10 bits per heavy atom. The van der Waals surface area contributed by atoms with Gasteiger partial charge in [-0.25, -0.2) is 0 Å². The molecule has 2 aromatic carbocycles. The van der Waals surface area contributed by atoms with E-state index in [4.69, 9.17) is 9.47 Å². The lowest BCUT2D eigenvalue weighted by Gasteiger charge is -2.09. The quantitative estimate of drug-likeness (QED) is 0.834. The van der Waals surface area contributed by atoms with Crippen molar-refractivity contribution in [3.63, 3.8) is 0 Å². The molecule has 1 unspecified atom stereocenters. The summed E-state index contributed by atoms with van der Waals surface area (Å²) in [5, 5.41) is 0. The van der Waals surface area contributed by atoms with E-state index >= 15 is 0 Å². The normalized spacial score (nSPS) is 16.8. The lowest BCUT2D eigenvalue weighted by molar-refractivity contribution is 0.0857. The molecule has 0 aromatic heterocycles. The van der Waals surface area contributed by atoms with Crippen molar-refractivity contribution < 1.29 is 14.3 Å². The summed E-state index contributed by atoms with van der Waals surface area (Å²) in [6.07, 6.45) is -0.545. The van der Waals surface area contributed by atoms with Crippen molar-refractivity contribution in [1.29, 1.82) is 0 Å². The smallest absolute Gasteiger partial charge is 0.211 e. The molecule has 0 saturated carbocycles. The fraction of sp³-hybridized carbons (Fsp3) is 0.235. The van der Waals surface area contributed by atoms with E-state index in [0.29, 0.717) is 17.1 Å². The van der Waals surface area contributed by atoms with E-state index in [9.17, 15) is 4.79 Å². The predicted molar refractivity (Wildman–Crippen MR) is 76.6 cm³/mol. The minimum atomic E-state index is -0.545. The molecule has 1 atom stereocenters. The van der Waals surface area contributed by atoms with Crippen LogP contribution in [0.3, 0.4) is 0 Å². The molecule has 3 nitrogen and oxygen atoms in total. The Morgan fingerprint density at radius 2 is 1.80 bits per heavy atom. The molecule has 0 saturated heterocycles. The summed E-state index contributed by atoms with van der Waals surface area (Å²) in [5.74, 6) is 1.33. The Labute approximate surface area is 118 Å². The summed E-state index contributed by atoms with van der Waals surface area (Å²) in [5.41, 5.74) is 3.60. The highest BCUT2D eigenvalue weighted by molar-refractivity contribution is 6.06. The fourth-order valence-corrected chi connectivity index (χ4v) is 2.52. The van der Waals surface area contributed by atoms with Gasteiger partial charge in [0.15, 0.2) is 6.10 Å². The average molecular weight is 268 g/mol. The van der Waals surface area contributed by atoms with Crippen LogP contribution in [0, 0.1) is 13.8 Å². The van der Waals surface area contributed by atoms with E-state index in [-0.39, 0.29) is 5.78 Å². The zero-order chi connectivity index (χ0) is 14.3. The lowest BCUT2D eigenvalue weighted by Crippen LogP contribution is -2.11. The molecule has 0 radical (unpaired) electrons. The maximum Gasteiger partial charge on any atom is 0.211 e. The summed E-state index contributed by atoms with van der Waals surface area (Å²) in [4.78, 5) is 12.5. The molecular formula is C17H16O3. The summed E-state index contributed by atoms with van der Waals surface area (Å²) in [6, 6.07) is 11.5. The number of aryl methyl sites for hydroxylation is 2. The molecule has 0 bridgehead atoms. The zero-order valence-corrected chi connectivity index (χ0v) is 11.8. The maximum atomic E-state index is 12.5. The van der Waals surface area contributed by atoms with Crippen molar-refractivity contribution in [3.8, 4) is 11.5 Å². The predicted octanol–water partition coefficient (Wildman–Crippen LogP) is 3.63. The largest absolute Gasteiger partial charge is 0.497 e. The van der Waals surface area contributed by atoms with Crippen LogP contribution < -0.4 is 9.47 Å². The van der Waals surface area contributed by atoms with E-state index in [2.05, 4.69) is 0 Å². The van der Waals surface area contributed by atoms with Crippen LogP contribution in [0.15, 0.2) is 36.4 Å². The van der Waals surface area contributed by atoms with Crippen LogP contribution in [-0.2, 0) is 0 Å². The van der Waals surface area contributed by atoms with Gasteiger partial charge >= 0.3 is 0 Å². The number of rotatable bonds is 2. The minimum Gasteiger partial charge on any atom is -0.497 e. The first-order valence-electron chi connectivity index (χ1n) is 6.56. The van der Waals surface area contributed by atoms with Gasteiger partial charge in [0.2, 0.25) is 5.78 Å². The fourth-order valence-electron chi connectivity index (χ4n) is 2.52. The molecule has 102 valence electrons. The molecular weight excluding hydrogens is 252 g/mol. The Kier molecular flexibility index (Phi) is 2.97. The van der Waals surface area contributed by atoms with Crippen LogP contribution in [0.25, 0.3) is 0 Å². The average Bonchev–Trinajstić information content (AvgIpc) is 2.77. The molecule has 0 spiro atoms. The van der Waals surface area contributed by atoms with Gasteiger partial charge in [0.25, 0.3) is 0 Å². The molecule has 3 rings (SSSR count). The highest BCUT2D eigenvalue weighted by Gasteiger charge is 2.35. The number of benzene rings is 2. The molecule has 1 heterocycles. The van der Waals surface area contributed by atoms with Crippen molar-refractivity contribution in [3.05, 3.63) is 58.7 Å². The Balaban J connectivity index is 2.02. The SMILES string of the molecule is COc1cc(C)c2c(c1)OC(c1ccc(C)cc1)C2=O. The van der Waals surface area contributed by atoms with Gasteiger partial charge in [-0.3, -0.25) is 4.79 Å². The number of ether oxygens (including phenoxy) is 2. The van der Waals surface area contributed by atoms with Crippen molar-refractivity contribution in [1.82, 2.24) is 0 Å². The maximum absolute atomic E-state index is 12.5. The molecule has 3 heteroatoms. The molecule has 1 aliphatic heterocycles. The first kappa shape index (κ1) is 12.7. The highest BCUT2D eigenvalue weighted by atomic mass is 16.5. The topological polar surface area (TPSA) is 35.5 Å². The van der Waals surface area contributed by atoms with Gasteiger partial charge in [0, 0.05) is 11.6 Å². The van der Waals surface area contributed by atoms with E-state index in [1.807, 2.05) is 44.2 Å². The first-order valence-corrected chi connectivity index (χ1v) is 6.56. The number of hydrogen-bond acceptors (Lipinski definition) is 3. The summed E-state index contributed by atoms with van der Waals surface area (Å²) < 4.78 is 11.1. The molecule has 1 aliphatic rings. The minimum absolute atomic E-state index is 0.0176. The molecule has 20 heavy (non-hydrogen) atoms. The van der Waals surface area contributed by atoms with Gasteiger partial charge in [-0.15, -0.1) is 0 Å². The van der Waals surface area contributed by atoms with Crippen molar-refractivity contribution in [2.24, 2.45) is 0 Å². The van der Waals surface area contributed by atoms with Crippen molar-refractivity contribution in [2.75, 3.05) is 7.11 Å². The molecule has 0 amide bonds. The number of methoxy groups -OCH3 is 1. The third kappa shape index (κ3) is 1.95. The number of carbonyl (C=O) groups excluding carboxylic acids is 1. The zero-order valence-electron chi connectivity index (χ0n) is 11.8. The molecule has 2 aromatic rings. The van der Waals surface area contributed by atoms with Crippen molar-refractivity contribution >= 4 is 5.78 Å². The van der Waals surface area contributed by atoms with Crippen LogP contribution in [-0.4, -0.2) is 12.9 Å². The second kappa shape index (κ2) is 4.67. The second-order valence-corrected chi connectivity index (χ2v) is 5.09. The number of fused-ring (bicyclic) bond motifs is 1. The van der Waals surface area contributed by atoms with Crippen LogP contribution in [0.4, 0.5) is 0 Å². The second-order valence-electron chi connectivity index (χ2n) is 5.09. The van der Waals surface area contributed by atoms with Gasteiger partial charge in [-0.05, 0) is 25.5 Å². The first-order chi connectivity index (χ1) is 9.60. The Bertz CT molecular complexity index is 671. The Morgan fingerprint density at radius 3 is 2.45 bits per heavy atom. The van der Waals surface area contributed by atoms with Gasteiger partial charge in [0.05, 0.1) is 12.7 Å². The molecule has 0 N–H and O–H groups in total. The van der Waals surface area contributed by atoms with Crippen molar-refractivity contribution in [2.45, 2.75) is 20.0 Å². The number of carbonyl (C=O) groups is 1. The van der Waals surface area contributed by atoms with Crippen LogP contribution in [0.5, 0.6) is 11.5 Å². The van der Waals surface area contributed by atoms with Crippen LogP contribution >= 0.6 is 0 Å². The summed E-state index contributed by atoms with van der Waals surface area (Å²) in [7, 11) is 1.61.